The number of nitrogens with zero attached hydrogens (tertiary/aromatic N) is 1. The second kappa shape index (κ2) is 4.89. The molecule has 2 heteroatoms. The van der Waals surface area contributed by atoms with Crippen LogP contribution in [-0.4, -0.2) is 0 Å². The van der Waals surface area contributed by atoms with Crippen LogP contribution in [0.3, 0.4) is 0 Å². The quantitative estimate of drug-likeness (QED) is 0.720. The van der Waals surface area contributed by atoms with Gasteiger partial charge in [-0.3, -0.25) is 0 Å². The molecule has 0 heterocycles. The Labute approximate surface area is 84.0 Å². The van der Waals surface area contributed by atoms with Gasteiger partial charge in [-0.1, -0.05) is 31.0 Å². The summed E-state index contributed by atoms with van der Waals surface area (Å²) in [5, 5.41) is 9.34. The normalized spacial score (nSPS) is 9.62. The fourth-order valence-electron chi connectivity index (χ4n) is 1.19. The van der Waals surface area contributed by atoms with Crippen molar-refractivity contribution in [3.8, 4) is 6.07 Å². The van der Waals surface area contributed by atoms with Crippen molar-refractivity contribution in [2.24, 2.45) is 0 Å². The number of halogens is 1. The highest BCUT2D eigenvalue weighted by Gasteiger charge is 2.00. The van der Waals surface area contributed by atoms with Gasteiger partial charge in [-0.25, -0.2) is 0 Å². The summed E-state index contributed by atoms with van der Waals surface area (Å²) < 4.78 is 0. The van der Waals surface area contributed by atoms with Crippen molar-refractivity contribution < 1.29 is 0 Å². The highest BCUT2D eigenvalue weighted by molar-refractivity contribution is 6.31. The molecule has 1 nitrogen and oxygen atoms in total. The first-order valence-electron chi connectivity index (χ1n) is 4.46. The van der Waals surface area contributed by atoms with E-state index in [1.165, 1.54) is 0 Å². The predicted octanol–water partition coefficient (Wildman–Crippen LogP) is 3.55. The van der Waals surface area contributed by atoms with Gasteiger partial charge in [0.1, 0.15) is 0 Å². The highest BCUT2D eigenvalue weighted by Crippen LogP contribution is 2.19. The summed E-state index contributed by atoms with van der Waals surface area (Å²) in [4.78, 5) is 0. The molecule has 68 valence electrons. The zero-order valence-corrected chi connectivity index (χ0v) is 8.43. The molecular formula is C11H12ClN. The molecule has 0 unspecified atom stereocenters. The standard InChI is InChI=1S/C11H12ClN/c1-2-3-4-10-6-5-9(8-13)7-11(10)12/h5-7H,2-4H2,1H3. The number of hydrogen-bond donors (Lipinski definition) is 0. The van der Waals surface area contributed by atoms with E-state index in [-0.39, 0.29) is 0 Å². The van der Waals surface area contributed by atoms with Crippen molar-refractivity contribution in [3.63, 3.8) is 0 Å². The lowest BCUT2D eigenvalue weighted by atomic mass is 10.1. The summed E-state index contributed by atoms with van der Waals surface area (Å²) in [5.74, 6) is 0. The molecule has 0 saturated carbocycles. The average molecular weight is 194 g/mol. The Bertz CT molecular complexity index is 325. The van der Waals surface area contributed by atoms with Crippen molar-refractivity contribution in [2.75, 3.05) is 0 Å². The SMILES string of the molecule is CCCCc1ccc(C#N)cc1Cl. The molecule has 0 aliphatic heterocycles. The smallest absolute Gasteiger partial charge is 0.0992 e. The molecule has 0 aliphatic carbocycles. The molecule has 0 spiro atoms. The molecular weight excluding hydrogens is 182 g/mol. The summed E-state index contributed by atoms with van der Waals surface area (Å²) in [6.45, 7) is 2.15. The first-order chi connectivity index (χ1) is 6.27. The third-order valence-electron chi connectivity index (χ3n) is 1.98. The van der Waals surface area contributed by atoms with Gasteiger partial charge in [0.2, 0.25) is 0 Å². The van der Waals surface area contributed by atoms with Crippen LogP contribution in [0.15, 0.2) is 18.2 Å². The van der Waals surface area contributed by atoms with Gasteiger partial charge in [-0.05, 0) is 30.5 Å². The van der Waals surface area contributed by atoms with Crippen LogP contribution in [0, 0.1) is 11.3 Å². The van der Waals surface area contributed by atoms with Crippen LogP contribution in [0.2, 0.25) is 5.02 Å². The van der Waals surface area contributed by atoms with Gasteiger partial charge < -0.3 is 0 Å². The van der Waals surface area contributed by atoms with E-state index in [1.807, 2.05) is 12.1 Å². The molecule has 1 aromatic rings. The first-order valence-corrected chi connectivity index (χ1v) is 4.84. The maximum absolute atomic E-state index is 8.62. The summed E-state index contributed by atoms with van der Waals surface area (Å²) in [6, 6.07) is 7.55. The van der Waals surface area contributed by atoms with Crippen LogP contribution >= 0.6 is 11.6 Å². The molecule has 1 rings (SSSR count). The van der Waals surface area contributed by atoms with Gasteiger partial charge >= 0.3 is 0 Å². The number of unbranched alkanes of at least 4 members (excludes halogenated alkanes) is 1. The Morgan fingerprint density at radius 1 is 1.46 bits per heavy atom. The highest BCUT2D eigenvalue weighted by atomic mass is 35.5. The summed E-state index contributed by atoms with van der Waals surface area (Å²) in [5.41, 5.74) is 1.77. The van der Waals surface area contributed by atoms with E-state index in [2.05, 4.69) is 13.0 Å². The number of hydrogen-bond acceptors (Lipinski definition) is 1. The van der Waals surface area contributed by atoms with Crippen LogP contribution in [0.1, 0.15) is 30.9 Å². The maximum Gasteiger partial charge on any atom is 0.0992 e. The summed E-state index contributed by atoms with van der Waals surface area (Å²) >= 11 is 5.99. The van der Waals surface area contributed by atoms with Crippen molar-refractivity contribution in [3.05, 3.63) is 34.3 Å². The van der Waals surface area contributed by atoms with Gasteiger partial charge in [-0.15, -0.1) is 0 Å². The van der Waals surface area contributed by atoms with E-state index in [9.17, 15) is 0 Å². The Hall–Kier alpha value is -1.00. The fraction of sp³-hybridized carbons (Fsp3) is 0.364. The third-order valence-corrected chi connectivity index (χ3v) is 2.33. The number of rotatable bonds is 3. The number of aryl methyl sites for hydroxylation is 1. The predicted molar refractivity (Wildman–Crippen MR) is 54.8 cm³/mol. The molecule has 13 heavy (non-hydrogen) atoms. The molecule has 0 atom stereocenters. The van der Waals surface area contributed by atoms with Crippen LogP contribution < -0.4 is 0 Å². The van der Waals surface area contributed by atoms with E-state index in [0.29, 0.717) is 10.6 Å². The van der Waals surface area contributed by atoms with E-state index < -0.39 is 0 Å². The average Bonchev–Trinajstić information content (AvgIpc) is 2.16. The van der Waals surface area contributed by atoms with Gasteiger partial charge in [0.15, 0.2) is 0 Å². The summed E-state index contributed by atoms with van der Waals surface area (Å²) in [6.07, 6.45) is 3.31. The van der Waals surface area contributed by atoms with Gasteiger partial charge in [0.25, 0.3) is 0 Å². The van der Waals surface area contributed by atoms with Crippen molar-refractivity contribution in [2.45, 2.75) is 26.2 Å². The minimum Gasteiger partial charge on any atom is -0.192 e. The van der Waals surface area contributed by atoms with E-state index in [1.54, 1.807) is 6.07 Å². The molecule has 0 saturated heterocycles. The summed E-state index contributed by atoms with van der Waals surface area (Å²) in [7, 11) is 0. The molecule has 0 N–H and O–H groups in total. The Kier molecular flexibility index (Phi) is 3.79. The van der Waals surface area contributed by atoms with E-state index in [0.717, 1.165) is 24.8 Å². The molecule has 0 amide bonds. The topological polar surface area (TPSA) is 23.8 Å². The monoisotopic (exact) mass is 193 g/mol. The Balaban J connectivity index is 2.81. The lowest BCUT2D eigenvalue weighted by molar-refractivity contribution is 0.795. The number of benzene rings is 1. The molecule has 0 aliphatic rings. The maximum atomic E-state index is 8.62. The fourth-order valence-corrected chi connectivity index (χ4v) is 1.46. The molecule has 0 bridgehead atoms. The number of nitriles is 1. The lowest BCUT2D eigenvalue weighted by Gasteiger charge is -2.02. The molecule has 0 fully saturated rings. The minimum absolute atomic E-state index is 0.630. The third kappa shape index (κ3) is 2.75. The largest absolute Gasteiger partial charge is 0.192 e. The van der Waals surface area contributed by atoms with Crippen LogP contribution in [0.5, 0.6) is 0 Å². The minimum atomic E-state index is 0.630. The van der Waals surface area contributed by atoms with E-state index >= 15 is 0 Å². The molecule has 1 aromatic carbocycles. The van der Waals surface area contributed by atoms with Gasteiger partial charge in [-0.2, -0.15) is 5.26 Å². The van der Waals surface area contributed by atoms with Crippen molar-refractivity contribution in [1.82, 2.24) is 0 Å². The second-order valence-corrected chi connectivity index (χ2v) is 3.43. The lowest BCUT2D eigenvalue weighted by Crippen LogP contribution is -1.87. The zero-order valence-electron chi connectivity index (χ0n) is 7.68. The second-order valence-electron chi connectivity index (χ2n) is 3.02. The van der Waals surface area contributed by atoms with Crippen molar-refractivity contribution in [1.29, 1.82) is 5.26 Å². The zero-order chi connectivity index (χ0) is 9.68. The van der Waals surface area contributed by atoms with Gasteiger partial charge in [0, 0.05) is 5.02 Å². The molecule has 0 radical (unpaired) electrons. The van der Waals surface area contributed by atoms with Crippen LogP contribution in [0.25, 0.3) is 0 Å². The van der Waals surface area contributed by atoms with Crippen LogP contribution in [0.4, 0.5) is 0 Å². The Morgan fingerprint density at radius 3 is 2.77 bits per heavy atom. The first kappa shape index (κ1) is 10.1. The van der Waals surface area contributed by atoms with Crippen molar-refractivity contribution >= 4 is 11.6 Å². The van der Waals surface area contributed by atoms with Crippen LogP contribution in [-0.2, 0) is 6.42 Å². The van der Waals surface area contributed by atoms with E-state index in [4.69, 9.17) is 16.9 Å². The Morgan fingerprint density at radius 2 is 2.23 bits per heavy atom. The molecule has 0 aromatic heterocycles. The van der Waals surface area contributed by atoms with Gasteiger partial charge in [0.05, 0.1) is 11.6 Å².